The molecule has 1 aliphatic rings. The average Bonchev–Trinajstić information content (AvgIpc) is 2.18. The molecule has 0 saturated heterocycles. The van der Waals surface area contributed by atoms with Gasteiger partial charge in [-0.25, -0.2) is 0 Å². The van der Waals surface area contributed by atoms with Crippen LogP contribution in [0.5, 0.6) is 0 Å². The Hall–Kier alpha value is -0.120. The summed E-state index contributed by atoms with van der Waals surface area (Å²) in [6, 6.07) is 0. The van der Waals surface area contributed by atoms with Crippen LogP contribution in [0.4, 0.5) is 0 Å². The number of aliphatic hydroxyl groups is 1. The Balaban J connectivity index is 2.48. The van der Waals surface area contributed by atoms with Crippen molar-refractivity contribution in [2.75, 3.05) is 19.7 Å². The highest BCUT2D eigenvalue weighted by atomic mass is 16.3. The summed E-state index contributed by atoms with van der Waals surface area (Å²) in [6.07, 6.45) is 4.72. The van der Waals surface area contributed by atoms with Crippen molar-refractivity contribution >= 4 is 0 Å². The largest absolute Gasteiger partial charge is 0.395 e. The molecule has 0 spiro atoms. The minimum Gasteiger partial charge on any atom is -0.395 e. The van der Waals surface area contributed by atoms with Crippen LogP contribution in [0.25, 0.3) is 0 Å². The Morgan fingerprint density at radius 2 is 1.79 bits per heavy atom. The smallest absolute Gasteiger partial charge is 0.0556 e. The monoisotopic (exact) mass is 200 g/mol. The zero-order chi connectivity index (χ0) is 10.7. The van der Waals surface area contributed by atoms with Gasteiger partial charge in [0.25, 0.3) is 0 Å². The van der Waals surface area contributed by atoms with Crippen LogP contribution in [0, 0.1) is 5.41 Å². The second-order valence-corrected chi connectivity index (χ2v) is 5.30. The molecule has 0 aromatic heterocycles. The summed E-state index contributed by atoms with van der Waals surface area (Å²) >= 11 is 0. The molecular formula is C11H24N2O. The molecule has 0 amide bonds. The Morgan fingerprint density at radius 3 is 2.21 bits per heavy atom. The molecule has 1 saturated carbocycles. The molecule has 1 fully saturated rings. The molecule has 3 nitrogen and oxygen atoms in total. The lowest BCUT2D eigenvalue weighted by molar-refractivity contribution is 0.133. The van der Waals surface area contributed by atoms with E-state index in [1.54, 1.807) is 0 Å². The first-order valence-corrected chi connectivity index (χ1v) is 5.60. The molecule has 14 heavy (non-hydrogen) atoms. The van der Waals surface area contributed by atoms with Gasteiger partial charge in [0.15, 0.2) is 0 Å². The van der Waals surface area contributed by atoms with Gasteiger partial charge < -0.3 is 16.2 Å². The summed E-state index contributed by atoms with van der Waals surface area (Å²) in [7, 11) is 0. The van der Waals surface area contributed by atoms with E-state index in [4.69, 9.17) is 10.8 Å². The zero-order valence-corrected chi connectivity index (χ0v) is 9.47. The average molecular weight is 200 g/mol. The van der Waals surface area contributed by atoms with Crippen molar-refractivity contribution in [3.63, 3.8) is 0 Å². The van der Waals surface area contributed by atoms with Crippen LogP contribution in [0.15, 0.2) is 0 Å². The van der Waals surface area contributed by atoms with Gasteiger partial charge >= 0.3 is 0 Å². The van der Waals surface area contributed by atoms with Crippen LogP contribution in [0.2, 0.25) is 0 Å². The van der Waals surface area contributed by atoms with Crippen LogP contribution in [0.1, 0.15) is 39.5 Å². The van der Waals surface area contributed by atoms with E-state index in [1.165, 1.54) is 12.8 Å². The highest BCUT2D eigenvalue weighted by molar-refractivity contribution is 4.95. The Kier molecular flexibility index (Phi) is 3.93. The van der Waals surface area contributed by atoms with Gasteiger partial charge in [0.1, 0.15) is 0 Å². The predicted octanol–water partition coefficient (Wildman–Crippen LogP) is 0.866. The minimum atomic E-state index is 0.0955. The topological polar surface area (TPSA) is 58.3 Å². The Bertz CT molecular complexity index is 170. The van der Waals surface area contributed by atoms with Crippen LogP contribution in [0.3, 0.4) is 0 Å². The van der Waals surface area contributed by atoms with Crippen LogP contribution < -0.4 is 11.1 Å². The lowest BCUT2D eigenvalue weighted by atomic mass is 9.69. The molecule has 0 bridgehead atoms. The van der Waals surface area contributed by atoms with Crippen molar-refractivity contribution in [1.82, 2.24) is 5.32 Å². The molecule has 1 aliphatic carbocycles. The maximum atomic E-state index is 8.81. The SMILES string of the molecule is CC1(C)CCC(CN)(NCCO)CC1. The van der Waals surface area contributed by atoms with Crippen molar-refractivity contribution < 1.29 is 5.11 Å². The second-order valence-electron chi connectivity index (χ2n) is 5.30. The molecule has 0 unspecified atom stereocenters. The number of nitrogens with two attached hydrogens (primary N) is 1. The normalized spacial score (nSPS) is 24.9. The number of hydrogen-bond donors (Lipinski definition) is 3. The number of hydrogen-bond acceptors (Lipinski definition) is 3. The summed E-state index contributed by atoms with van der Waals surface area (Å²) in [5.74, 6) is 0. The van der Waals surface area contributed by atoms with Crippen LogP contribution in [-0.4, -0.2) is 30.3 Å². The molecule has 1 rings (SSSR count). The van der Waals surface area contributed by atoms with Crippen LogP contribution in [-0.2, 0) is 0 Å². The maximum Gasteiger partial charge on any atom is 0.0556 e. The third-order valence-corrected chi connectivity index (χ3v) is 3.56. The zero-order valence-electron chi connectivity index (χ0n) is 9.47. The van der Waals surface area contributed by atoms with Crippen molar-refractivity contribution in [1.29, 1.82) is 0 Å². The summed E-state index contributed by atoms with van der Waals surface area (Å²) in [5.41, 5.74) is 6.39. The van der Waals surface area contributed by atoms with Crippen molar-refractivity contribution in [2.24, 2.45) is 11.1 Å². The molecule has 0 aromatic rings. The number of rotatable bonds is 4. The van der Waals surface area contributed by atoms with E-state index in [0.29, 0.717) is 18.5 Å². The van der Waals surface area contributed by atoms with E-state index in [0.717, 1.165) is 12.8 Å². The highest BCUT2D eigenvalue weighted by Gasteiger charge is 2.36. The first-order valence-electron chi connectivity index (χ1n) is 5.60. The van der Waals surface area contributed by atoms with E-state index in [2.05, 4.69) is 19.2 Å². The second kappa shape index (κ2) is 4.60. The first kappa shape index (κ1) is 12.0. The van der Waals surface area contributed by atoms with Crippen molar-refractivity contribution in [3.05, 3.63) is 0 Å². The van der Waals surface area contributed by atoms with E-state index < -0.39 is 0 Å². The fraction of sp³-hybridized carbons (Fsp3) is 1.00. The first-order chi connectivity index (χ1) is 6.54. The molecule has 4 N–H and O–H groups in total. The van der Waals surface area contributed by atoms with Gasteiger partial charge in [-0.2, -0.15) is 0 Å². The standard InChI is InChI=1S/C11H24N2O/c1-10(2)3-5-11(9-12,6-4-10)13-7-8-14/h13-14H,3-9,12H2,1-2H3. The Labute approximate surface area is 87.1 Å². The maximum absolute atomic E-state index is 8.81. The van der Waals surface area contributed by atoms with E-state index >= 15 is 0 Å². The molecular weight excluding hydrogens is 176 g/mol. The molecule has 0 aliphatic heterocycles. The van der Waals surface area contributed by atoms with Gasteiger partial charge in [-0.05, 0) is 31.1 Å². The molecule has 84 valence electrons. The lowest BCUT2D eigenvalue weighted by Crippen LogP contribution is -2.55. The number of aliphatic hydroxyl groups excluding tert-OH is 1. The van der Waals surface area contributed by atoms with Gasteiger partial charge in [-0.15, -0.1) is 0 Å². The number of nitrogens with one attached hydrogen (secondary N) is 1. The molecule has 0 aromatic carbocycles. The van der Waals surface area contributed by atoms with Gasteiger partial charge in [0.05, 0.1) is 6.61 Å². The minimum absolute atomic E-state index is 0.0955. The summed E-state index contributed by atoms with van der Waals surface area (Å²) in [5, 5.41) is 12.2. The van der Waals surface area contributed by atoms with E-state index in [-0.39, 0.29) is 12.1 Å². The molecule has 3 heteroatoms. The summed E-state index contributed by atoms with van der Waals surface area (Å²) < 4.78 is 0. The lowest BCUT2D eigenvalue weighted by Gasteiger charge is -2.43. The van der Waals surface area contributed by atoms with Gasteiger partial charge in [-0.1, -0.05) is 13.8 Å². The van der Waals surface area contributed by atoms with Gasteiger partial charge in [0, 0.05) is 18.6 Å². The molecule has 0 atom stereocenters. The Morgan fingerprint density at radius 1 is 1.21 bits per heavy atom. The summed E-state index contributed by atoms with van der Waals surface area (Å²) in [4.78, 5) is 0. The van der Waals surface area contributed by atoms with Crippen molar-refractivity contribution in [2.45, 2.75) is 45.1 Å². The van der Waals surface area contributed by atoms with Gasteiger partial charge in [0.2, 0.25) is 0 Å². The fourth-order valence-corrected chi connectivity index (χ4v) is 2.18. The highest BCUT2D eigenvalue weighted by Crippen LogP contribution is 2.39. The summed E-state index contributed by atoms with van der Waals surface area (Å²) in [6.45, 7) is 6.19. The quantitative estimate of drug-likeness (QED) is 0.631. The fourth-order valence-electron chi connectivity index (χ4n) is 2.18. The third kappa shape index (κ3) is 2.94. The van der Waals surface area contributed by atoms with Crippen molar-refractivity contribution in [3.8, 4) is 0 Å². The predicted molar refractivity (Wildman–Crippen MR) is 59.1 cm³/mol. The van der Waals surface area contributed by atoms with Gasteiger partial charge in [-0.3, -0.25) is 0 Å². The third-order valence-electron chi connectivity index (χ3n) is 3.56. The molecule has 0 heterocycles. The van der Waals surface area contributed by atoms with E-state index in [1.807, 2.05) is 0 Å². The number of β-amino-alcohol motifs (C(OH)–C–C–N with tert-alkyl or cyclic N) is 1. The van der Waals surface area contributed by atoms with Crippen LogP contribution >= 0.6 is 0 Å². The molecule has 0 radical (unpaired) electrons. The van der Waals surface area contributed by atoms with E-state index in [9.17, 15) is 0 Å².